The molecule has 3 aromatic carbocycles. The molecular formula is C30H36ClN3O5S. The number of hydrogen-bond donors (Lipinski definition) is 1. The lowest BCUT2D eigenvalue weighted by Gasteiger charge is -2.32. The van der Waals surface area contributed by atoms with Crippen molar-refractivity contribution in [3.8, 4) is 5.75 Å². The van der Waals surface area contributed by atoms with Crippen LogP contribution in [0.5, 0.6) is 5.75 Å². The number of halogens is 1. The van der Waals surface area contributed by atoms with Crippen molar-refractivity contribution in [3.63, 3.8) is 0 Å². The van der Waals surface area contributed by atoms with Gasteiger partial charge in [0, 0.05) is 12.6 Å². The smallest absolute Gasteiger partial charge is 0.264 e. The minimum Gasteiger partial charge on any atom is -0.497 e. The average Bonchev–Trinajstić information content (AvgIpc) is 2.95. The van der Waals surface area contributed by atoms with Crippen molar-refractivity contribution >= 4 is 39.1 Å². The number of carbonyl (C=O) groups excluding carboxylic acids is 2. The number of amides is 2. The molecule has 0 fully saturated rings. The van der Waals surface area contributed by atoms with E-state index in [1.807, 2.05) is 20.8 Å². The van der Waals surface area contributed by atoms with Crippen LogP contribution in [0.15, 0.2) is 77.7 Å². The minimum absolute atomic E-state index is 0.0232. The number of sulfonamides is 1. The Kier molecular flexibility index (Phi) is 10.6. The molecule has 214 valence electrons. The number of nitrogens with zero attached hydrogens (tertiary/aromatic N) is 2. The zero-order valence-corrected chi connectivity index (χ0v) is 25.0. The molecule has 0 saturated heterocycles. The molecule has 0 spiro atoms. The van der Waals surface area contributed by atoms with Gasteiger partial charge in [0.25, 0.3) is 10.0 Å². The Morgan fingerprint density at radius 2 is 1.60 bits per heavy atom. The van der Waals surface area contributed by atoms with Crippen LogP contribution >= 0.6 is 11.6 Å². The van der Waals surface area contributed by atoms with Crippen LogP contribution in [0.1, 0.15) is 38.3 Å². The van der Waals surface area contributed by atoms with Crippen LogP contribution in [0.2, 0.25) is 5.02 Å². The highest BCUT2D eigenvalue weighted by Crippen LogP contribution is 2.31. The molecular weight excluding hydrogens is 550 g/mol. The number of aryl methyl sites for hydroxylation is 1. The van der Waals surface area contributed by atoms with Crippen molar-refractivity contribution in [2.24, 2.45) is 0 Å². The van der Waals surface area contributed by atoms with Gasteiger partial charge in [-0.3, -0.25) is 13.9 Å². The number of ether oxygens (including phenoxy) is 1. The number of para-hydroxylation sites is 1. The maximum Gasteiger partial charge on any atom is 0.264 e. The molecule has 0 aliphatic carbocycles. The van der Waals surface area contributed by atoms with Crippen LogP contribution in [0.25, 0.3) is 0 Å². The summed E-state index contributed by atoms with van der Waals surface area (Å²) < 4.78 is 34.0. The zero-order chi connectivity index (χ0) is 29.4. The topological polar surface area (TPSA) is 96.0 Å². The summed E-state index contributed by atoms with van der Waals surface area (Å²) in [5.74, 6) is -0.238. The normalized spacial score (nSPS) is 12.8. The maximum atomic E-state index is 14.0. The van der Waals surface area contributed by atoms with E-state index in [0.717, 1.165) is 21.9 Å². The third-order valence-corrected chi connectivity index (χ3v) is 8.78. The first-order valence-electron chi connectivity index (χ1n) is 13.0. The third-order valence-electron chi connectivity index (χ3n) is 6.69. The van der Waals surface area contributed by atoms with Crippen LogP contribution in [0.4, 0.5) is 5.69 Å². The Balaban J connectivity index is 2.03. The number of anilines is 1. The number of hydrogen-bond acceptors (Lipinski definition) is 5. The fraction of sp³-hybridized carbons (Fsp3) is 0.333. The quantitative estimate of drug-likeness (QED) is 0.316. The lowest BCUT2D eigenvalue weighted by atomic mass is 10.1. The second-order valence-electron chi connectivity index (χ2n) is 9.64. The number of nitrogens with one attached hydrogen (secondary N) is 1. The molecule has 3 aromatic rings. The van der Waals surface area contributed by atoms with E-state index < -0.39 is 28.5 Å². The van der Waals surface area contributed by atoms with Gasteiger partial charge >= 0.3 is 0 Å². The lowest BCUT2D eigenvalue weighted by Crippen LogP contribution is -2.52. The van der Waals surface area contributed by atoms with Gasteiger partial charge < -0.3 is 15.0 Å². The number of methoxy groups -OCH3 is 1. The van der Waals surface area contributed by atoms with Crippen LogP contribution in [-0.4, -0.2) is 50.9 Å². The molecule has 10 heteroatoms. The minimum atomic E-state index is -4.19. The van der Waals surface area contributed by atoms with Crippen molar-refractivity contribution in [2.75, 3.05) is 18.0 Å². The Morgan fingerprint density at radius 3 is 2.17 bits per heavy atom. The fourth-order valence-electron chi connectivity index (χ4n) is 3.98. The van der Waals surface area contributed by atoms with Crippen LogP contribution < -0.4 is 14.4 Å². The molecule has 1 N–H and O–H groups in total. The van der Waals surface area contributed by atoms with E-state index in [1.54, 1.807) is 74.7 Å². The summed E-state index contributed by atoms with van der Waals surface area (Å²) in [7, 11) is -2.63. The van der Waals surface area contributed by atoms with Gasteiger partial charge in [0.15, 0.2) is 0 Å². The van der Waals surface area contributed by atoms with Crippen LogP contribution in [0, 0.1) is 6.92 Å². The van der Waals surface area contributed by atoms with Crippen LogP contribution in [-0.2, 0) is 26.2 Å². The van der Waals surface area contributed by atoms with Crippen LogP contribution in [0.3, 0.4) is 0 Å². The highest BCUT2D eigenvalue weighted by Gasteiger charge is 2.33. The molecule has 0 saturated carbocycles. The molecule has 0 radical (unpaired) electrons. The van der Waals surface area contributed by atoms with E-state index in [4.69, 9.17) is 16.3 Å². The SMILES string of the molecule is CC[C@@H](C)NC(=O)[C@@H](C)N(Cc1ccc(OC)cc1)C(=O)CN(c1ccccc1Cl)S(=O)(=O)c1ccc(C)cc1. The van der Waals surface area contributed by atoms with Crippen molar-refractivity contribution in [2.45, 2.75) is 57.6 Å². The van der Waals surface area contributed by atoms with Gasteiger partial charge in [-0.2, -0.15) is 0 Å². The molecule has 8 nitrogen and oxygen atoms in total. The maximum absolute atomic E-state index is 14.0. The summed E-state index contributed by atoms with van der Waals surface area (Å²) in [6.45, 7) is 6.85. The van der Waals surface area contributed by atoms with Crippen molar-refractivity contribution in [1.82, 2.24) is 10.2 Å². The summed E-state index contributed by atoms with van der Waals surface area (Å²) in [5, 5.41) is 3.09. The Bertz CT molecular complexity index is 1410. The summed E-state index contributed by atoms with van der Waals surface area (Å²) in [5.41, 5.74) is 1.81. The second kappa shape index (κ2) is 13.7. The van der Waals surface area contributed by atoms with Gasteiger partial charge in [0.05, 0.1) is 22.7 Å². The van der Waals surface area contributed by atoms with Gasteiger partial charge in [-0.1, -0.05) is 60.5 Å². The molecule has 0 aliphatic rings. The highest BCUT2D eigenvalue weighted by atomic mass is 35.5. The Labute approximate surface area is 241 Å². The number of carbonyl (C=O) groups is 2. The van der Waals surface area contributed by atoms with Gasteiger partial charge in [0.1, 0.15) is 18.3 Å². The molecule has 0 unspecified atom stereocenters. The molecule has 40 heavy (non-hydrogen) atoms. The van der Waals surface area contributed by atoms with E-state index in [-0.39, 0.29) is 34.1 Å². The van der Waals surface area contributed by atoms with E-state index in [1.165, 1.54) is 17.0 Å². The molecule has 0 heterocycles. The monoisotopic (exact) mass is 585 g/mol. The molecule has 2 amide bonds. The summed E-state index contributed by atoms with van der Waals surface area (Å²) in [4.78, 5) is 28.5. The summed E-state index contributed by atoms with van der Waals surface area (Å²) in [6.07, 6.45) is 0.722. The Morgan fingerprint density at radius 1 is 0.975 bits per heavy atom. The van der Waals surface area contributed by atoms with Gasteiger partial charge in [-0.15, -0.1) is 0 Å². The molecule has 3 rings (SSSR count). The van der Waals surface area contributed by atoms with E-state index in [0.29, 0.717) is 5.75 Å². The summed E-state index contributed by atoms with van der Waals surface area (Å²) in [6, 6.07) is 19.0. The Hall–Kier alpha value is -3.56. The number of rotatable bonds is 12. The molecule has 2 atom stereocenters. The van der Waals surface area contributed by atoms with Crippen molar-refractivity contribution in [1.29, 1.82) is 0 Å². The van der Waals surface area contributed by atoms with E-state index >= 15 is 0 Å². The van der Waals surface area contributed by atoms with Crippen molar-refractivity contribution < 1.29 is 22.7 Å². The number of benzene rings is 3. The van der Waals surface area contributed by atoms with Gasteiger partial charge in [0.2, 0.25) is 11.8 Å². The fourth-order valence-corrected chi connectivity index (χ4v) is 5.70. The first-order chi connectivity index (χ1) is 19.0. The van der Waals surface area contributed by atoms with E-state index in [2.05, 4.69) is 5.32 Å². The van der Waals surface area contributed by atoms with Gasteiger partial charge in [-0.25, -0.2) is 8.42 Å². The highest BCUT2D eigenvalue weighted by molar-refractivity contribution is 7.92. The predicted molar refractivity (Wildman–Crippen MR) is 158 cm³/mol. The first kappa shape index (κ1) is 31.0. The first-order valence-corrected chi connectivity index (χ1v) is 14.9. The third kappa shape index (κ3) is 7.55. The van der Waals surface area contributed by atoms with E-state index in [9.17, 15) is 18.0 Å². The lowest BCUT2D eigenvalue weighted by molar-refractivity contribution is -0.139. The average molecular weight is 586 g/mol. The standard InChI is InChI=1S/C30H36ClN3O5S/c1-6-22(3)32-30(36)23(4)33(19-24-13-15-25(39-5)16-14-24)29(35)20-34(28-10-8-7-9-27(28)31)40(37,38)26-17-11-21(2)12-18-26/h7-18,22-23H,6,19-20H2,1-5H3,(H,32,36)/t22-,23-/m1/s1. The molecule has 0 bridgehead atoms. The summed E-state index contributed by atoms with van der Waals surface area (Å²) >= 11 is 6.44. The van der Waals surface area contributed by atoms with Crippen molar-refractivity contribution in [3.05, 3.63) is 88.9 Å². The molecule has 0 aromatic heterocycles. The predicted octanol–water partition coefficient (Wildman–Crippen LogP) is 5.18. The largest absolute Gasteiger partial charge is 0.497 e. The van der Waals surface area contributed by atoms with Gasteiger partial charge in [-0.05, 0) is 69.2 Å². The zero-order valence-electron chi connectivity index (χ0n) is 23.4. The second-order valence-corrected chi connectivity index (χ2v) is 11.9. The molecule has 0 aliphatic heterocycles.